The molecule has 102 valence electrons. The van der Waals surface area contributed by atoms with E-state index >= 15 is 0 Å². The summed E-state index contributed by atoms with van der Waals surface area (Å²) in [6.07, 6.45) is 1.97. The van der Waals surface area contributed by atoms with E-state index in [-0.39, 0.29) is 0 Å². The monoisotopic (exact) mass is 294 g/mol. The van der Waals surface area contributed by atoms with Crippen LogP contribution in [0.3, 0.4) is 0 Å². The van der Waals surface area contributed by atoms with Gasteiger partial charge in [0, 0.05) is 29.4 Å². The van der Waals surface area contributed by atoms with Gasteiger partial charge in [0.2, 0.25) is 0 Å². The molecule has 2 aromatic rings. The summed E-state index contributed by atoms with van der Waals surface area (Å²) in [6, 6.07) is 2.11. The third kappa shape index (κ3) is 3.23. The van der Waals surface area contributed by atoms with Crippen LogP contribution < -0.4 is 0 Å². The van der Waals surface area contributed by atoms with Crippen LogP contribution in [-0.4, -0.2) is 33.7 Å². The number of aliphatic hydroxyl groups is 1. The second kappa shape index (κ2) is 5.32. The van der Waals surface area contributed by atoms with Crippen molar-refractivity contribution in [3.05, 3.63) is 27.9 Å². The predicted octanol–water partition coefficient (Wildman–Crippen LogP) is 3.22. The van der Waals surface area contributed by atoms with Gasteiger partial charge in [-0.15, -0.1) is 11.3 Å². The highest BCUT2D eigenvalue weighted by Crippen LogP contribution is 2.27. The predicted molar refractivity (Wildman–Crippen MR) is 80.6 cm³/mol. The minimum Gasteiger partial charge on any atom is -0.389 e. The Bertz CT molecular complexity index is 533. The van der Waals surface area contributed by atoms with Gasteiger partial charge in [0.05, 0.1) is 11.3 Å². The Labute approximate surface area is 121 Å². The summed E-state index contributed by atoms with van der Waals surface area (Å²) in [6.45, 7) is 4.58. The number of hydrogen-bond acceptors (Lipinski definition) is 5. The molecule has 2 aromatic heterocycles. The molecule has 1 aliphatic heterocycles. The molecule has 0 radical (unpaired) electrons. The number of thiophene rings is 1. The molecule has 1 N–H and O–H groups in total. The van der Waals surface area contributed by atoms with Gasteiger partial charge >= 0.3 is 0 Å². The molecule has 5 heteroatoms. The van der Waals surface area contributed by atoms with Gasteiger partial charge in [0.15, 0.2) is 0 Å². The summed E-state index contributed by atoms with van der Waals surface area (Å²) in [5.41, 5.74) is 1.79. The van der Waals surface area contributed by atoms with E-state index in [1.807, 2.05) is 6.92 Å². The van der Waals surface area contributed by atoms with Crippen LogP contribution in [0.1, 0.15) is 25.5 Å². The molecule has 1 atom stereocenters. The van der Waals surface area contributed by atoms with Crippen molar-refractivity contribution < 1.29 is 5.11 Å². The number of β-amino-alcohol motifs (C(OH)–C–C–N with tert-alkyl or cyclic N) is 1. The van der Waals surface area contributed by atoms with Crippen LogP contribution in [0, 0.1) is 0 Å². The Morgan fingerprint density at radius 2 is 2.37 bits per heavy atom. The van der Waals surface area contributed by atoms with Crippen LogP contribution in [0.5, 0.6) is 0 Å². The molecule has 1 fully saturated rings. The minimum atomic E-state index is -0.537. The molecule has 1 unspecified atom stereocenters. The summed E-state index contributed by atoms with van der Waals surface area (Å²) < 4.78 is 0. The van der Waals surface area contributed by atoms with Crippen LogP contribution in [0.4, 0.5) is 0 Å². The quantitative estimate of drug-likeness (QED) is 0.944. The molecule has 0 aliphatic carbocycles. The Kier molecular flexibility index (Phi) is 3.71. The number of hydrogen-bond donors (Lipinski definition) is 1. The second-order valence-electron chi connectivity index (χ2n) is 5.47. The Balaban J connectivity index is 1.67. The van der Waals surface area contributed by atoms with Crippen molar-refractivity contribution in [2.24, 2.45) is 0 Å². The first kappa shape index (κ1) is 13.2. The minimum absolute atomic E-state index is 0.537. The molecule has 3 nitrogen and oxygen atoms in total. The first-order valence-electron chi connectivity index (χ1n) is 6.54. The van der Waals surface area contributed by atoms with Gasteiger partial charge < -0.3 is 5.11 Å². The van der Waals surface area contributed by atoms with Gasteiger partial charge in [-0.1, -0.05) is 0 Å². The molecule has 0 amide bonds. The molecular weight excluding hydrogens is 276 g/mol. The van der Waals surface area contributed by atoms with E-state index in [0.29, 0.717) is 0 Å². The number of nitrogens with zero attached hydrogens (tertiary/aromatic N) is 2. The highest BCUT2D eigenvalue weighted by molar-refractivity contribution is 7.14. The number of thiazole rings is 1. The van der Waals surface area contributed by atoms with Crippen molar-refractivity contribution in [2.45, 2.75) is 31.9 Å². The molecule has 0 spiro atoms. The Hall–Kier alpha value is -0.750. The lowest BCUT2D eigenvalue weighted by Gasteiger charge is -2.36. The maximum absolute atomic E-state index is 10.1. The molecule has 19 heavy (non-hydrogen) atoms. The fourth-order valence-electron chi connectivity index (χ4n) is 2.59. The molecular formula is C14H18N2OS2. The van der Waals surface area contributed by atoms with E-state index in [4.69, 9.17) is 4.98 Å². The smallest absolute Gasteiger partial charge is 0.124 e. The van der Waals surface area contributed by atoms with Gasteiger partial charge in [0.1, 0.15) is 5.01 Å². The summed E-state index contributed by atoms with van der Waals surface area (Å²) in [5.74, 6) is 0. The molecule has 3 rings (SSSR count). The molecule has 0 saturated carbocycles. The molecule has 3 heterocycles. The number of aromatic nitrogens is 1. The molecule has 0 aromatic carbocycles. The van der Waals surface area contributed by atoms with Crippen molar-refractivity contribution in [2.75, 3.05) is 13.1 Å². The topological polar surface area (TPSA) is 36.4 Å². The van der Waals surface area contributed by atoms with E-state index in [9.17, 15) is 5.11 Å². The summed E-state index contributed by atoms with van der Waals surface area (Å²) in [7, 11) is 0. The van der Waals surface area contributed by atoms with Crippen molar-refractivity contribution in [1.29, 1.82) is 0 Å². The average molecular weight is 294 g/mol. The van der Waals surface area contributed by atoms with Crippen molar-refractivity contribution in [3.8, 4) is 10.6 Å². The lowest BCUT2D eigenvalue weighted by molar-refractivity contribution is -0.0184. The van der Waals surface area contributed by atoms with Crippen LogP contribution in [0.25, 0.3) is 10.6 Å². The first-order chi connectivity index (χ1) is 9.12. The van der Waals surface area contributed by atoms with E-state index in [2.05, 4.69) is 27.1 Å². The van der Waals surface area contributed by atoms with E-state index in [1.54, 1.807) is 22.7 Å². The zero-order valence-corrected chi connectivity index (χ0v) is 12.6. The normalized spacial score (nSPS) is 24.7. The lowest BCUT2D eigenvalue weighted by atomic mass is 9.95. The van der Waals surface area contributed by atoms with Gasteiger partial charge in [0.25, 0.3) is 0 Å². The molecule has 0 bridgehead atoms. The fourth-order valence-corrected chi connectivity index (χ4v) is 4.11. The SMILES string of the molecule is CC1(O)CCCN(Cc2csc(-c3ccsc3)n2)C1. The van der Waals surface area contributed by atoms with E-state index in [1.165, 1.54) is 5.56 Å². The highest BCUT2D eigenvalue weighted by Gasteiger charge is 2.28. The zero-order valence-electron chi connectivity index (χ0n) is 11.0. The van der Waals surface area contributed by atoms with E-state index in [0.717, 1.165) is 43.2 Å². The first-order valence-corrected chi connectivity index (χ1v) is 8.36. The van der Waals surface area contributed by atoms with Crippen LogP contribution in [0.15, 0.2) is 22.2 Å². The fraction of sp³-hybridized carbons (Fsp3) is 0.500. The van der Waals surface area contributed by atoms with Crippen LogP contribution in [-0.2, 0) is 6.54 Å². The zero-order chi connectivity index (χ0) is 13.3. The standard InChI is InChI=1S/C14H18N2OS2/c1-14(17)4-2-5-16(10-14)7-12-9-19-13(15-12)11-3-6-18-8-11/h3,6,8-9,17H,2,4-5,7,10H2,1H3. The summed E-state index contributed by atoms with van der Waals surface area (Å²) >= 11 is 3.40. The maximum atomic E-state index is 10.1. The second-order valence-corrected chi connectivity index (χ2v) is 7.11. The van der Waals surface area contributed by atoms with Crippen LogP contribution in [0.2, 0.25) is 0 Å². The molecule has 1 aliphatic rings. The van der Waals surface area contributed by atoms with Gasteiger partial charge in [-0.05, 0) is 37.8 Å². The third-order valence-corrected chi connectivity index (χ3v) is 5.08. The lowest BCUT2D eigenvalue weighted by Crippen LogP contribution is -2.45. The number of likely N-dealkylation sites (tertiary alicyclic amines) is 1. The summed E-state index contributed by atoms with van der Waals surface area (Å²) in [5, 5.41) is 17.6. The Morgan fingerprint density at radius 1 is 1.47 bits per heavy atom. The van der Waals surface area contributed by atoms with Gasteiger partial charge in [-0.25, -0.2) is 4.98 Å². The maximum Gasteiger partial charge on any atom is 0.124 e. The number of rotatable bonds is 3. The van der Waals surface area contributed by atoms with Gasteiger partial charge in [-0.2, -0.15) is 11.3 Å². The van der Waals surface area contributed by atoms with Crippen molar-refractivity contribution in [1.82, 2.24) is 9.88 Å². The number of piperidine rings is 1. The third-order valence-electron chi connectivity index (χ3n) is 3.46. The van der Waals surface area contributed by atoms with E-state index < -0.39 is 5.60 Å². The largest absolute Gasteiger partial charge is 0.389 e. The van der Waals surface area contributed by atoms with Gasteiger partial charge in [-0.3, -0.25) is 4.90 Å². The summed E-state index contributed by atoms with van der Waals surface area (Å²) in [4.78, 5) is 7.00. The average Bonchev–Trinajstić information content (AvgIpc) is 2.96. The van der Waals surface area contributed by atoms with Crippen LogP contribution >= 0.6 is 22.7 Å². The van der Waals surface area contributed by atoms with Crippen molar-refractivity contribution in [3.63, 3.8) is 0 Å². The highest BCUT2D eigenvalue weighted by atomic mass is 32.1. The molecule has 1 saturated heterocycles. The Morgan fingerprint density at radius 3 is 3.11 bits per heavy atom. The van der Waals surface area contributed by atoms with Crippen molar-refractivity contribution >= 4 is 22.7 Å².